The number of rotatable bonds is 7. The first-order valence-corrected chi connectivity index (χ1v) is 14.0. The SMILES string of the molecule is COc1cc(S(C)(=O)=O)ccc1NCC#Cc1cc2c(N=CC3CCOC[C@@]3(O)F)cccc2n1CC(F)(F)F. The number of aromatic nitrogens is 1. The molecule has 1 aliphatic heterocycles. The van der Waals surface area contributed by atoms with Crippen LogP contribution in [0.3, 0.4) is 0 Å². The van der Waals surface area contributed by atoms with Crippen molar-refractivity contribution in [2.75, 3.05) is 38.4 Å². The monoisotopic (exact) mass is 581 g/mol. The number of methoxy groups -OCH3 is 1. The Morgan fingerprint density at radius 1 is 1.30 bits per heavy atom. The highest BCUT2D eigenvalue weighted by atomic mass is 32.2. The minimum atomic E-state index is -4.53. The second-order valence-electron chi connectivity index (χ2n) is 9.27. The Balaban J connectivity index is 1.63. The van der Waals surface area contributed by atoms with E-state index in [1.165, 1.54) is 43.7 Å². The molecule has 2 aromatic carbocycles. The van der Waals surface area contributed by atoms with Crippen molar-refractivity contribution in [1.29, 1.82) is 0 Å². The van der Waals surface area contributed by atoms with Crippen LogP contribution in [-0.4, -0.2) is 69.5 Å². The lowest BCUT2D eigenvalue weighted by Gasteiger charge is -2.30. The van der Waals surface area contributed by atoms with Crippen molar-refractivity contribution in [3.63, 3.8) is 0 Å². The average Bonchev–Trinajstić information content (AvgIpc) is 3.21. The number of anilines is 1. The zero-order valence-corrected chi connectivity index (χ0v) is 22.4. The molecule has 0 amide bonds. The number of benzene rings is 2. The molecule has 1 fully saturated rings. The molecular formula is C27H27F4N3O5S. The maximum absolute atomic E-state index is 14.4. The van der Waals surface area contributed by atoms with Crippen molar-refractivity contribution in [2.24, 2.45) is 10.9 Å². The molecule has 2 heterocycles. The van der Waals surface area contributed by atoms with Crippen LogP contribution >= 0.6 is 0 Å². The topological polar surface area (TPSA) is 102 Å². The van der Waals surface area contributed by atoms with Crippen molar-refractivity contribution in [3.05, 3.63) is 48.2 Å². The Labute approximate surface area is 228 Å². The van der Waals surface area contributed by atoms with Gasteiger partial charge in [0.1, 0.15) is 18.9 Å². The van der Waals surface area contributed by atoms with Gasteiger partial charge in [-0.05, 0) is 42.7 Å². The molecule has 1 unspecified atom stereocenters. The van der Waals surface area contributed by atoms with Gasteiger partial charge in [0.05, 0.1) is 47.1 Å². The molecule has 1 aliphatic rings. The summed E-state index contributed by atoms with van der Waals surface area (Å²) in [6, 6.07) is 10.4. The minimum Gasteiger partial charge on any atom is -0.495 e. The summed E-state index contributed by atoms with van der Waals surface area (Å²) in [6.45, 7) is -1.51. The number of ether oxygens (including phenoxy) is 2. The van der Waals surface area contributed by atoms with Gasteiger partial charge in [0.15, 0.2) is 9.84 Å². The molecule has 8 nitrogen and oxygen atoms in total. The van der Waals surface area contributed by atoms with Gasteiger partial charge >= 0.3 is 6.18 Å². The van der Waals surface area contributed by atoms with Crippen LogP contribution in [0.1, 0.15) is 12.1 Å². The van der Waals surface area contributed by atoms with E-state index in [0.29, 0.717) is 16.8 Å². The largest absolute Gasteiger partial charge is 0.495 e. The molecular weight excluding hydrogens is 554 g/mol. The van der Waals surface area contributed by atoms with Gasteiger partial charge < -0.3 is 24.5 Å². The normalized spacial score (nSPS) is 19.9. The molecule has 3 aromatic rings. The molecule has 4 rings (SSSR count). The van der Waals surface area contributed by atoms with E-state index in [2.05, 4.69) is 22.2 Å². The van der Waals surface area contributed by atoms with E-state index in [9.17, 15) is 31.1 Å². The van der Waals surface area contributed by atoms with Crippen LogP contribution in [0.5, 0.6) is 5.75 Å². The van der Waals surface area contributed by atoms with Crippen LogP contribution in [0.25, 0.3) is 10.9 Å². The Hall–Kier alpha value is -3.60. The Morgan fingerprint density at radius 3 is 2.75 bits per heavy atom. The van der Waals surface area contributed by atoms with Crippen molar-refractivity contribution in [1.82, 2.24) is 4.57 Å². The number of hydrogen-bond acceptors (Lipinski definition) is 7. The van der Waals surface area contributed by atoms with Crippen LogP contribution in [0.4, 0.5) is 28.9 Å². The number of hydrogen-bond donors (Lipinski definition) is 2. The fraction of sp³-hybridized carbons (Fsp3) is 0.370. The molecule has 0 saturated carbocycles. The fourth-order valence-electron chi connectivity index (χ4n) is 4.27. The second-order valence-corrected chi connectivity index (χ2v) is 11.3. The third-order valence-electron chi connectivity index (χ3n) is 6.28. The number of aliphatic imine (C=N–C) groups is 1. The Morgan fingerprint density at radius 2 is 2.08 bits per heavy atom. The second kappa shape index (κ2) is 11.5. The molecule has 0 bridgehead atoms. The van der Waals surface area contributed by atoms with E-state index >= 15 is 0 Å². The molecule has 40 heavy (non-hydrogen) atoms. The molecule has 0 spiro atoms. The first kappa shape index (κ1) is 29.4. The van der Waals surface area contributed by atoms with Crippen molar-refractivity contribution in [2.45, 2.75) is 29.9 Å². The smallest absolute Gasteiger partial charge is 0.406 e. The van der Waals surface area contributed by atoms with E-state index in [1.807, 2.05) is 0 Å². The fourth-order valence-corrected chi connectivity index (χ4v) is 4.91. The van der Waals surface area contributed by atoms with E-state index in [4.69, 9.17) is 9.47 Å². The van der Waals surface area contributed by atoms with E-state index < -0.39 is 40.9 Å². The number of fused-ring (bicyclic) bond motifs is 1. The van der Waals surface area contributed by atoms with Gasteiger partial charge in [0, 0.05) is 30.5 Å². The maximum Gasteiger partial charge on any atom is 0.406 e. The van der Waals surface area contributed by atoms with Gasteiger partial charge in [0.25, 0.3) is 0 Å². The molecule has 1 saturated heterocycles. The number of nitrogens with one attached hydrogen (secondary N) is 1. The van der Waals surface area contributed by atoms with E-state index in [1.54, 1.807) is 12.1 Å². The standard InChI is InChI=1S/C27H27F4N3O5S/c1-38-25-14-20(40(2,36)37)8-9-23(25)32-11-4-5-19-13-21-22(33-15-18-10-12-39-17-26(18,28)35)6-3-7-24(21)34(19)16-27(29,30)31/h3,6-9,13-15,18,32,35H,10-12,16-17H2,1-2H3/t18?,26-/m0/s1. The summed E-state index contributed by atoms with van der Waals surface area (Å²) in [7, 11) is -2.06. The first-order valence-electron chi connectivity index (χ1n) is 12.1. The van der Waals surface area contributed by atoms with Crippen molar-refractivity contribution in [3.8, 4) is 17.6 Å². The van der Waals surface area contributed by atoms with E-state index in [-0.39, 0.29) is 41.4 Å². The number of nitrogens with zero attached hydrogens (tertiary/aromatic N) is 2. The lowest BCUT2D eigenvalue weighted by Crippen LogP contribution is -2.43. The molecule has 13 heteroatoms. The summed E-state index contributed by atoms with van der Waals surface area (Å²) in [5, 5.41) is 13.3. The van der Waals surface area contributed by atoms with Gasteiger partial charge in [-0.2, -0.15) is 13.2 Å². The van der Waals surface area contributed by atoms with Crippen LogP contribution in [0.15, 0.2) is 52.4 Å². The predicted molar refractivity (Wildman–Crippen MR) is 143 cm³/mol. The van der Waals surface area contributed by atoms with Crippen LogP contribution in [-0.2, 0) is 21.1 Å². The Kier molecular flexibility index (Phi) is 8.44. The highest BCUT2D eigenvalue weighted by molar-refractivity contribution is 7.90. The third-order valence-corrected chi connectivity index (χ3v) is 7.39. The van der Waals surface area contributed by atoms with Crippen molar-refractivity contribution < 1.29 is 40.6 Å². The zero-order valence-electron chi connectivity index (χ0n) is 21.6. The number of halogens is 4. The molecule has 214 valence electrons. The molecule has 2 atom stereocenters. The Bertz CT molecular complexity index is 1590. The number of alkyl halides is 4. The molecule has 0 aliphatic carbocycles. The molecule has 2 N–H and O–H groups in total. The van der Waals surface area contributed by atoms with Crippen LogP contribution in [0, 0.1) is 17.8 Å². The maximum atomic E-state index is 14.4. The van der Waals surface area contributed by atoms with Gasteiger partial charge in [-0.1, -0.05) is 12.0 Å². The van der Waals surface area contributed by atoms with Crippen LogP contribution in [0.2, 0.25) is 0 Å². The lowest BCUT2D eigenvalue weighted by molar-refractivity contribution is -0.187. The zero-order chi connectivity index (χ0) is 29.1. The highest BCUT2D eigenvalue weighted by Gasteiger charge is 2.39. The average molecular weight is 582 g/mol. The molecule has 0 radical (unpaired) electrons. The predicted octanol–water partition coefficient (Wildman–Crippen LogP) is 4.48. The minimum absolute atomic E-state index is 0.0198. The first-order chi connectivity index (χ1) is 18.8. The van der Waals surface area contributed by atoms with Gasteiger partial charge in [-0.15, -0.1) is 0 Å². The summed E-state index contributed by atoms with van der Waals surface area (Å²) in [4.78, 5) is 4.37. The number of aliphatic hydroxyl groups is 1. The summed E-state index contributed by atoms with van der Waals surface area (Å²) < 4.78 is 89.6. The van der Waals surface area contributed by atoms with Crippen LogP contribution < -0.4 is 10.1 Å². The lowest BCUT2D eigenvalue weighted by atomic mass is 9.96. The summed E-state index contributed by atoms with van der Waals surface area (Å²) in [5.74, 6) is 2.30. The summed E-state index contributed by atoms with van der Waals surface area (Å²) in [6.07, 6.45) is -1.99. The van der Waals surface area contributed by atoms with E-state index in [0.717, 1.165) is 10.8 Å². The number of sulfone groups is 1. The third kappa shape index (κ3) is 6.93. The van der Waals surface area contributed by atoms with Gasteiger partial charge in [0.2, 0.25) is 5.85 Å². The van der Waals surface area contributed by atoms with Gasteiger partial charge in [-0.3, -0.25) is 4.99 Å². The van der Waals surface area contributed by atoms with Gasteiger partial charge in [-0.25, -0.2) is 12.8 Å². The molecule has 1 aromatic heterocycles. The summed E-state index contributed by atoms with van der Waals surface area (Å²) in [5.41, 5.74) is 1.09. The summed E-state index contributed by atoms with van der Waals surface area (Å²) >= 11 is 0. The quantitative estimate of drug-likeness (QED) is 0.243. The van der Waals surface area contributed by atoms with Crippen molar-refractivity contribution >= 4 is 38.3 Å². The highest BCUT2D eigenvalue weighted by Crippen LogP contribution is 2.33.